The molecule has 2 aliphatic heterocycles. The molecule has 6 heteroatoms. The van der Waals surface area contributed by atoms with Crippen LogP contribution in [0, 0.1) is 0 Å². The van der Waals surface area contributed by atoms with Crippen LogP contribution in [0.25, 0.3) is 0 Å². The summed E-state index contributed by atoms with van der Waals surface area (Å²) in [6.07, 6.45) is 0.529. The molecule has 0 bridgehead atoms. The van der Waals surface area contributed by atoms with E-state index >= 15 is 0 Å². The number of rotatable bonds is 2. The fourth-order valence-corrected chi connectivity index (χ4v) is 2.06. The zero-order valence-electron chi connectivity index (χ0n) is 9.14. The van der Waals surface area contributed by atoms with E-state index < -0.39 is 0 Å². The number of carbonyl (C=O) groups excluding carboxylic acids is 2. The molecule has 6 nitrogen and oxygen atoms in total. The van der Waals surface area contributed by atoms with Crippen LogP contribution in [0.3, 0.4) is 0 Å². The van der Waals surface area contributed by atoms with Crippen molar-refractivity contribution in [2.24, 2.45) is 0 Å². The Morgan fingerprint density at radius 1 is 1.40 bits per heavy atom. The second kappa shape index (κ2) is 3.46. The Labute approximate surface area is 88.3 Å². The van der Waals surface area contributed by atoms with Crippen molar-refractivity contribution >= 4 is 11.9 Å². The summed E-state index contributed by atoms with van der Waals surface area (Å²) in [7, 11) is 3.16. The van der Waals surface area contributed by atoms with Gasteiger partial charge in [0.25, 0.3) is 0 Å². The molecular formula is C9H15N3O3. The third-order valence-electron chi connectivity index (χ3n) is 2.92. The fraction of sp³-hybridized carbons (Fsp3) is 0.778. The van der Waals surface area contributed by atoms with Gasteiger partial charge in [-0.05, 0) is 6.92 Å². The molecule has 2 saturated heterocycles. The van der Waals surface area contributed by atoms with Crippen LogP contribution < -0.4 is 0 Å². The SMILES string of the molecule is CCO[C@H]1C[C@H]2C(=O)N(C)C(=O)N(C)N12. The zero-order chi connectivity index (χ0) is 11.2. The minimum atomic E-state index is -0.305. The topological polar surface area (TPSA) is 53.1 Å². The molecule has 2 atom stereocenters. The fourth-order valence-electron chi connectivity index (χ4n) is 2.06. The van der Waals surface area contributed by atoms with Crippen molar-refractivity contribution < 1.29 is 14.3 Å². The molecule has 0 N–H and O–H groups in total. The molecule has 0 aliphatic carbocycles. The Balaban J connectivity index is 2.14. The number of imide groups is 1. The summed E-state index contributed by atoms with van der Waals surface area (Å²) in [6, 6.07) is -0.532. The van der Waals surface area contributed by atoms with Crippen LogP contribution in [0.4, 0.5) is 4.79 Å². The average Bonchev–Trinajstić information content (AvgIpc) is 2.18. The first-order valence-corrected chi connectivity index (χ1v) is 5.03. The molecule has 3 amide bonds. The summed E-state index contributed by atoms with van der Waals surface area (Å²) >= 11 is 0. The Hall–Kier alpha value is -1.14. The van der Waals surface area contributed by atoms with Crippen molar-refractivity contribution in [2.75, 3.05) is 20.7 Å². The maximum atomic E-state index is 11.7. The summed E-state index contributed by atoms with van der Waals surface area (Å²) in [5.41, 5.74) is 0. The van der Waals surface area contributed by atoms with Gasteiger partial charge in [0.15, 0.2) is 0 Å². The van der Waals surface area contributed by atoms with Crippen molar-refractivity contribution in [1.82, 2.24) is 14.9 Å². The number of hydrazine groups is 1. The van der Waals surface area contributed by atoms with Gasteiger partial charge in [0.2, 0.25) is 5.91 Å². The summed E-state index contributed by atoms with van der Waals surface area (Å²) in [5, 5.41) is 3.16. The predicted octanol–water partition coefficient (Wildman–Crippen LogP) is -0.138. The molecule has 0 unspecified atom stereocenters. The van der Waals surface area contributed by atoms with Crippen molar-refractivity contribution in [2.45, 2.75) is 25.6 Å². The van der Waals surface area contributed by atoms with Crippen LogP contribution in [0.2, 0.25) is 0 Å². The number of nitrogens with zero attached hydrogens (tertiary/aromatic N) is 3. The van der Waals surface area contributed by atoms with E-state index in [0.717, 1.165) is 4.90 Å². The number of hydrogen-bond acceptors (Lipinski definition) is 4. The van der Waals surface area contributed by atoms with Crippen molar-refractivity contribution in [1.29, 1.82) is 0 Å². The number of urea groups is 1. The third kappa shape index (κ3) is 1.32. The predicted molar refractivity (Wildman–Crippen MR) is 51.6 cm³/mol. The van der Waals surface area contributed by atoms with Gasteiger partial charge in [0.1, 0.15) is 12.3 Å². The lowest BCUT2D eigenvalue weighted by atomic mass is 10.0. The van der Waals surface area contributed by atoms with E-state index in [1.165, 1.54) is 12.1 Å². The number of carbonyl (C=O) groups is 2. The van der Waals surface area contributed by atoms with Crippen LogP contribution in [-0.4, -0.2) is 59.8 Å². The zero-order valence-corrected chi connectivity index (χ0v) is 9.14. The molecule has 0 radical (unpaired) electrons. The first kappa shape index (κ1) is 10.4. The van der Waals surface area contributed by atoms with Gasteiger partial charge in [0.05, 0.1) is 0 Å². The molecule has 0 aromatic carbocycles. The monoisotopic (exact) mass is 213 g/mol. The highest BCUT2D eigenvalue weighted by atomic mass is 16.5. The summed E-state index contributed by atoms with van der Waals surface area (Å²) < 4.78 is 5.41. The minimum absolute atomic E-state index is 0.133. The molecule has 0 aromatic heterocycles. The van der Waals surface area contributed by atoms with Crippen LogP contribution in [0.1, 0.15) is 13.3 Å². The van der Waals surface area contributed by atoms with Crippen LogP contribution in [0.5, 0.6) is 0 Å². The van der Waals surface area contributed by atoms with E-state index in [1.807, 2.05) is 6.92 Å². The highest BCUT2D eigenvalue weighted by Crippen LogP contribution is 2.32. The summed E-state index contributed by atoms with van der Waals surface area (Å²) in [5.74, 6) is -0.144. The number of ether oxygens (including phenoxy) is 1. The van der Waals surface area contributed by atoms with Gasteiger partial charge >= 0.3 is 6.03 Å². The number of likely N-dealkylation sites (N-methyl/N-ethyl adjacent to an activating group) is 1. The average molecular weight is 213 g/mol. The molecule has 0 aromatic rings. The lowest BCUT2D eigenvalue weighted by Crippen LogP contribution is -2.74. The highest BCUT2D eigenvalue weighted by Gasteiger charge is 2.53. The van der Waals surface area contributed by atoms with E-state index in [0.29, 0.717) is 13.0 Å². The lowest BCUT2D eigenvalue weighted by molar-refractivity contribution is -0.241. The molecule has 15 heavy (non-hydrogen) atoms. The van der Waals surface area contributed by atoms with E-state index in [2.05, 4.69) is 0 Å². The van der Waals surface area contributed by atoms with E-state index in [9.17, 15) is 9.59 Å². The highest BCUT2D eigenvalue weighted by molar-refractivity contribution is 5.99. The largest absolute Gasteiger partial charge is 0.362 e. The van der Waals surface area contributed by atoms with Crippen LogP contribution >= 0.6 is 0 Å². The molecule has 2 rings (SSSR count). The van der Waals surface area contributed by atoms with Gasteiger partial charge in [-0.25, -0.2) is 4.79 Å². The first-order valence-electron chi connectivity index (χ1n) is 5.03. The van der Waals surface area contributed by atoms with Gasteiger partial charge in [-0.15, -0.1) is 0 Å². The van der Waals surface area contributed by atoms with Gasteiger partial charge in [-0.2, -0.15) is 5.01 Å². The maximum absolute atomic E-state index is 11.7. The van der Waals surface area contributed by atoms with Crippen molar-refractivity contribution in [3.05, 3.63) is 0 Å². The third-order valence-corrected chi connectivity index (χ3v) is 2.92. The minimum Gasteiger partial charge on any atom is -0.362 e. The van der Waals surface area contributed by atoms with Crippen LogP contribution in [-0.2, 0) is 9.53 Å². The number of fused-ring (bicyclic) bond motifs is 1. The van der Waals surface area contributed by atoms with E-state index in [-0.39, 0.29) is 24.2 Å². The standard InChI is InChI=1S/C9H15N3O3/c1-4-15-7-5-6-8(13)10(2)9(14)11(3)12(6)7/h6-7H,4-5H2,1-3H3/t6-,7-/m0/s1. The van der Waals surface area contributed by atoms with E-state index in [4.69, 9.17) is 4.74 Å². The quantitative estimate of drug-likeness (QED) is 0.640. The first-order chi connectivity index (χ1) is 7.07. The molecule has 2 heterocycles. The second-order valence-electron chi connectivity index (χ2n) is 3.74. The molecule has 2 fully saturated rings. The lowest BCUT2D eigenvalue weighted by Gasteiger charge is -2.54. The molecule has 0 spiro atoms. The summed E-state index contributed by atoms with van der Waals surface area (Å²) in [4.78, 5) is 24.4. The Bertz CT molecular complexity index is 289. The Morgan fingerprint density at radius 3 is 2.67 bits per heavy atom. The summed E-state index contributed by atoms with van der Waals surface area (Å²) in [6.45, 7) is 2.48. The molecule has 84 valence electrons. The molecule has 2 aliphatic rings. The normalized spacial score (nSPS) is 31.7. The second-order valence-corrected chi connectivity index (χ2v) is 3.74. The van der Waals surface area contributed by atoms with Gasteiger partial charge in [-0.1, -0.05) is 0 Å². The Morgan fingerprint density at radius 2 is 2.07 bits per heavy atom. The number of amides is 3. The van der Waals surface area contributed by atoms with Crippen LogP contribution in [0.15, 0.2) is 0 Å². The van der Waals surface area contributed by atoms with Crippen molar-refractivity contribution in [3.8, 4) is 0 Å². The van der Waals surface area contributed by atoms with Gasteiger partial charge in [0, 0.05) is 27.1 Å². The van der Waals surface area contributed by atoms with E-state index in [1.54, 1.807) is 12.1 Å². The van der Waals surface area contributed by atoms with Gasteiger partial charge in [-0.3, -0.25) is 14.7 Å². The molecular weight excluding hydrogens is 198 g/mol. The van der Waals surface area contributed by atoms with Crippen molar-refractivity contribution in [3.63, 3.8) is 0 Å². The molecule has 0 saturated carbocycles. The Kier molecular flexibility index (Phi) is 2.40. The smallest absolute Gasteiger partial charge is 0.340 e. The number of hydrogen-bond donors (Lipinski definition) is 0. The van der Waals surface area contributed by atoms with Gasteiger partial charge < -0.3 is 4.74 Å². The maximum Gasteiger partial charge on any atom is 0.340 e.